The number of hydrogen-bond donors (Lipinski definition) is 1. The Morgan fingerprint density at radius 2 is 2.38 bits per heavy atom. The molecule has 1 aromatic heterocycles. The zero-order valence-electron chi connectivity index (χ0n) is 8.61. The van der Waals surface area contributed by atoms with Crippen LogP contribution in [0.3, 0.4) is 0 Å². The van der Waals surface area contributed by atoms with E-state index in [4.69, 9.17) is 20.8 Å². The number of hydrogen-bond acceptors (Lipinski definition) is 3. The van der Waals surface area contributed by atoms with Gasteiger partial charge in [-0.05, 0) is 36.9 Å². The Bertz CT molecular complexity index is 417. The van der Waals surface area contributed by atoms with Gasteiger partial charge in [-0.1, -0.05) is 0 Å². The van der Waals surface area contributed by atoms with Crippen molar-refractivity contribution in [3.8, 4) is 0 Å². The molecule has 2 saturated heterocycles. The summed E-state index contributed by atoms with van der Waals surface area (Å²) in [7, 11) is 0. The van der Waals surface area contributed by atoms with Crippen molar-refractivity contribution in [2.75, 3.05) is 0 Å². The number of halogens is 1. The summed E-state index contributed by atoms with van der Waals surface area (Å²) in [6, 6.07) is 1.70. The Labute approximate surface area is 97.9 Å². The first kappa shape index (κ1) is 10.2. The molecule has 1 aromatic rings. The molecule has 4 nitrogen and oxygen atoms in total. The second-order valence-corrected chi connectivity index (χ2v) is 4.64. The van der Waals surface area contributed by atoms with Crippen molar-refractivity contribution in [2.24, 2.45) is 0 Å². The van der Waals surface area contributed by atoms with E-state index in [1.54, 1.807) is 6.07 Å². The Hall–Kier alpha value is -1.00. The molecule has 3 rings (SSSR count). The van der Waals surface area contributed by atoms with E-state index in [1.807, 2.05) is 0 Å². The maximum Gasteiger partial charge on any atom is 0.256 e. The van der Waals surface area contributed by atoms with E-state index in [1.165, 1.54) is 6.26 Å². The maximum absolute atomic E-state index is 11.8. The number of rotatable bonds is 2. The van der Waals surface area contributed by atoms with Gasteiger partial charge in [0.25, 0.3) is 5.91 Å². The number of amides is 1. The molecule has 0 spiro atoms. The fourth-order valence-electron chi connectivity index (χ4n) is 2.49. The van der Waals surface area contributed by atoms with Gasteiger partial charge in [-0.15, -0.1) is 0 Å². The summed E-state index contributed by atoms with van der Waals surface area (Å²) in [5.74, 6) is -0.181. The molecule has 0 saturated carbocycles. The molecule has 2 bridgehead atoms. The molecule has 2 aliphatic rings. The lowest BCUT2D eigenvalue weighted by Gasteiger charge is -2.19. The van der Waals surface area contributed by atoms with Gasteiger partial charge in [0, 0.05) is 0 Å². The second-order valence-electron chi connectivity index (χ2n) is 4.30. The van der Waals surface area contributed by atoms with E-state index in [9.17, 15) is 4.79 Å². The van der Waals surface area contributed by atoms with Crippen LogP contribution in [0.2, 0.25) is 5.22 Å². The maximum atomic E-state index is 11.8. The fraction of sp³-hybridized carbons (Fsp3) is 0.545. The van der Waals surface area contributed by atoms with Crippen molar-refractivity contribution in [2.45, 2.75) is 37.5 Å². The van der Waals surface area contributed by atoms with E-state index in [2.05, 4.69) is 5.32 Å². The highest BCUT2D eigenvalue weighted by molar-refractivity contribution is 6.32. The topological polar surface area (TPSA) is 51.5 Å². The van der Waals surface area contributed by atoms with Crippen LogP contribution in [-0.2, 0) is 4.74 Å². The minimum atomic E-state index is -0.181. The number of ether oxygens (including phenoxy) is 1. The van der Waals surface area contributed by atoms with Gasteiger partial charge in [-0.3, -0.25) is 4.79 Å². The fourth-order valence-corrected chi connectivity index (χ4v) is 2.69. The largest absolute Gasteiger partial charge is 0.452 e. The van der Waals surface area contributed by atoms with E-state index < -0.39 is 0 Å². The van der Waals surface area contributed by atoms with Crippen molar-refractivity contribution in [3.63, 3.8) is 0 Å². The van der Waals surface area contributed by atoms with Crippen LogP contribution in [0.15, 0.2) is 16.7 Å². The zero-order chi connectivity index (χ0) is 11.1. The second kappa shape index (κ2) is 3.79. The molecule has 0 aromatic carbocycles. The minimum absolute atomic E-state index is 0.122. The third-order valence-electron chi connectivity index (χ3n) is 3.29. The summed E-state index contributed by atoms with van der Waals surface area (Å²) in [4.78, 5) is 11.8. The molecule has 0 radical (unpaired) electrons. The summed E-state index contributed by atoms with van der Waals surface area (Å²) in [5.41, 5.74) is 0.393. The molecule has 2 fully saturated rings. The Morgan fingerprint density at radius 1 is 1.50 bits per heavy atom. The van der Waals surface area contributed by atoms with Gasteiger partial charge < -0.3 is 14.5 Å². The van der Waals surface area contributed by atoms with Crippen molar-refractivity contribution in [3.05, 3.63) is 23.1 Å². The van der Waals surface area contributed by atoms with Gasteiger partial charge in [-0.25, -0.2) is 0 Å². The molecule has 1 N–H and O–H groups in total. The predicted molar refractivity (Wildman–Crippen MR) is 57.5 cm³/mol. The van der Waals surface area contributed by atoms with Crippen LogP contribution in [0.1, 0.15) is 29.6 Å². The lowest BCUT2D eigenvalue weighted by molar-refractivity contribution is 0.0840. The smallest absolute Gasteiger partial charge is 0.256 e. The first-order valence-electron chi connectivity index (χ1n) is 5.43. The summed E-state index contributed by atoms with van der Waals surface area (Å²) in [6.07, 6.45) is 4.98. The van der Waals surface area contributed by atoms with Crippen molar-refractivity contribution in [1.82, 2.24) is 5.32 Å². The van der Waals surface area contributed by atoms with Gasteiger partial charge in [0.05, 0.1) is 30.1 Å². The first-order valence-corrected chi connectivity index (χ1v) is 5.81. The number of fused-ring (bicyclic) bond motifs is 2. The van der Waals surface area contributed by atoms with Crippen molar-refractivity contribution >= 4 is 17.5 Å². The van der Waals surface area contributed by atoms with E-state index in [-0.39, 0.29) is 23.3 Å². The molecular formula is C11H12ClNO3. The van der Waals surface area contributed by atoms with Crippen LogP contribution in [0, 0.1) is 0 Å². The van der Waals surface area contributed by atoms with Crippen LogP contribution >= 0.6 is 11.6 Å². The van der Waals surface area contributed by atoms with Gasteiger partial charge in [-0.2, -0.15) is 0 Å². The monoisotopic (exact) mass is 241 g/mol. The highest BCUT2D eigenvalue weighted by Crippen LogP contribution is 2.34. The van der Waals surface area contributed by atoms with Gasteiger partial charge in [0.2, 0.25) is 5.22 Å². The molecule has 1 amide bonds. The molecule has 5 heteroatoms. The Kier molecular flexibility index (Phi) is 2.41. The molecule has 16 heavy (non-hydrogen) atoms. The molecule has 0 aliphatic carbocycles. The summed E-state index contributed by atoms with van der Waals surface area (Å²) in [6.45, 7) is 0. The third kappa shape index (κ3) is 1.62. The SMILES string of the molecule is O=C(NC1CC2CCC1O2)c1ccoc1Cl. The molecule has 2 aliphatic heterocycles. The molecule has 86 valence electrons. The van der Waals surface area contributed by atoms with Gasteiger partial charge in [0.1, 0.15) is 0 Å². The zero-order valence-corrected chi connectivity index (χ0v) is 9.37. The molecular weight excluding hydrogens is 230 g/mol. The van der Waals surface area contributed by atoms with Crippen LogP contribution in [-0.4, -0.2) is 24.2 Å². The highest BCUT2D eigenvalue weighted by Gasteiger charge is 2.41. The van der Waals surface area contributed by atoms with Crippen LogP contribution in [0.5, 0.6) is 0 Å². The molecule has 3 atom stereocenters. The van der Waals surface area contributed by atoms with Crippen LogP contribution in [0.4, 0.5) is 0 Å². The molecule has 3 heterocycles. The van der Waals surface area contributed by atoms with E-state index >= 15 is 0 Å². The van der Waals surface area contributed by atoms with Gasteiger partial charge >= 0.3 is 0 Å². The van der Waals surface area contributed by atoms with Crippen LogP contribution < -0.4 is 5.32 Å². The summed E-state index contributed by atoms with van der Waals surface area (Å²) >= 11 is 5.74. The Morgan fingerprint density at radius 3 is 2.94 bits per heavy atom. The normalized spacial score (nSPS) is 31.9. The Balaban J connectivity index is 1.67. The van der Waals surface area contributed by atoms with E-state index in [0.717, 1.165) is 19.3 Å². The van der Waals surface area contributed by atoms with Gasteiger partial charge in [0.15, 0.2) is 0 Å². The molecule has 3 unspecified atom stereocenters. The van der Waals surface area contributed by atoms with Crippen LogP contribution in [0.25, 0.3) is 0 Å². The quantitative estimate of drug-likeness (QED) is 0.862. The number of carbonyl (C=O) groups is 1. The summed E-state index contributed by atoms with van der Waals surface area (Å²) < 4.78 is 10.5. The average Bonchev–Trinajstić information content (AvgIpc) is 2.92. The number of furan rings is 1. The summed E-state index contributed by atoms with van der Waals surface area (Å²) in [5, 5.41) is 3.09. The minimum Gasteiger partial charge on any atom is -0.452 e. The van der Waals surface area contributed by atoms with Crippen molar-refractivity contribution < 1.29 is 13.9 Å². The lowest BCUT2D eigenvalue weighted by atomic mass is 9.95. The standard InChI is InChI=1S/C11H12ClNO3/c12-10-7(3-4-15-10)11(14)13-8-5-6-1-2-9(8)16-6/h3-4,6,8-9H,1-2,5H2,(H,13,14). The number of carbonyl (C=O) groups excluding carboxylic acids is 1. The lowest BCUT2D eigenvalue weighted by Crippen LogP contribution is -2.41. The number of nitrogens with one attached hydrogen (secondary N) is 1. The average molecular weight is 242 g/mol. The third-order valence-corrected chi connectivity index (χ3v) is 3.58. The van der Waals surface area contributed by atoms with Crippen molar-refractivity contribution in [1.29, 1.82) is 0 Å². The first-order chi connectivity index (χ1) is 7.74. The highest BCUT2D eigenvalue weighted by atomic mass is 35.5. The van der Waals surface area contributed by atoms with E-state index in [0.29, 0.717) is 11.7 Å². The predicted octanol–water partition coefficient (Wildman–Crippen LogP) is 1.98.